The van der Waals surface area contributed by atoms with Crippen LogP contribution in [0.1, 0.15) is 36.0 Å². The minimum absolute atomic E-state index is 0.260. The average molecular weight is 260 g/mol. The topological polar surface area (TPSA) is 23.6 Å². The van der Waals surface area contributed by atoms with Crippen molar-refractivity contribution in [1.82, 2.24) is 4.90 Å². The maximum absolute atomic E-state index is 12.1. The number of hydrogen-bond donors (Lipinski definition) is 0. The van der Waals surface area contributed by atoms with Crippen LogP contribution in [-0.4, -0.2) is 44.4 Å². The van der Waals surface area contributed by atoms with E-state index < -0.39 is 0 Å². The highest BCUT2D eigenvalue weighted by Crippen LogP contribution is 2.14. The molecule has 0 spiro atoms. The minimum atomic E-state index is 0.260. The first kappa shape index (κ1) is 14.1. The van der Waals surface area contributed by atoms with Crippen LogP contribution in [0.5, 0.6) is 0 Å². The number of carbonyl (C=O) groups is 1. The van der Waals surface area contributed by atoms with Gasteiger partial charge in [-0.05, 0) is 50.2 Å². The standard InChI is InChI=1S/C16H24N2O/c1-17(2)15-8-6-14(7-9-15)16(19)10-13-18-11-4-3-5-12-18/h6-9H,3-5,10-13H2,1-2H3. The number of hydrogen-bond acceptors (Lipinski definition) is 3. The van der Waals surface area contributed by atoms with Gasteiger partial charge < -0.3 is 9.80 Å². The molecule has 1 saturated heterocycles. The van der Waals surface area contributed by atoms with Gasteiger partial charge in [-0.2, -0.15) is 0 Å². The molecule has 0 N–H and O–H groups in total. The van der Waals surface area contributed by atoms with Crippen LogP contribution in [0.25, 0.3) is 0 Å². The van der Waals surface area contributed by atoms with Gasteiger partial charge in [-0.15, -0.1) is 0 Å². The van der Waals surface area contributed by atoms with Gasteiger partial charge in [0.25, 0.3) is 0 Å². The van der Waals surface area contributed by atoms with E-state index in [-0.39, 0.29) is 5.78 Å². The molecule has 0 atom stereocenters. The molecule has 104 valence electrons. The molecule has 2 rings (SSSR count). The van der Waals surface area contributed by atoms with Crippen LogP contribution in [0.4, 0.5) is 5.69 Å². The Bertz CT molecular complexity index is 405. The van der Waals surface area contributed by atoms with Gasteiger partial charge in [0.05, 0.1) is 0 Å². The fourth-order valence-corrected chi connectivity index (χ4v) is 2.53. The molecule has 1 fully saturated rings. The molecule has 1 aromatic carbocycles. The highest BCUT2D eigenvalue weighted by Gasteiger charge is 2.12. The SMILES string of the molecule is CN(C)c1ccc(C(=O)CCN2CCCCC2)cc1. The first-order chi connectivity index (χ1) is 9.16. The largest absolute Gasteiger partial charge is 0.378 e. The van der Waals surface area contributed by atoms with Crippen LogP contribution >= 0.6 is 0 Å². The van der Waals surface area contributed by atoms with Crippen LogP contribution in [0, 0.1) is 0 Å². The Balaban J connectivity index is 1.85. The number of Topliss-reactive ketones (excluding diaryl/α,β-unsaturated/α-hetero) is 1. The van der Waals surface area contributed by atoms with Crippen LogP contribution in [0.2, 0.25) is 0 Å². The lowest BCUT2D eigenvalue weighted by molar-refractivity contribution is 0.0958. The van der Waals surface area contributed by atoms with Crippen molar-refractivity contribution in [2.75, 3.05) is 38.6 Å². The number of likely N-dealkylation sites (tertiary alicyclic amines) is 1. The van der Waals surface area contributed by atoms with Crippen LogP contribution in [0.15, 0.2) is 24.3 Å². The second-order valence-electron chi connectivity index (χ2n) is 5.52. The van der Waals surface area contributed by atoms with Crippen LogP contribution in [0.3, 0.4) is 0 Å². The van der Waals surface area contributed by atoms with Gasteiger partial charge >= 0.3 is 0 Å². The van der Waals surface area contributed by atoms with Crippen molar-refractivity contribution in [2.45, 2.75) is 25.7 Å². The maximum Gasteiger partial charge on any atom is 0.164 e. The van der Waals surface area contributed by atoms with Gasteiger partial charge in [0.1, 0.15) is 0 Å². The van der Waals surface area contributed by atoms with Gasteiger partial charge in [-0.1, -0.05) is 6.42 Å². The summed E-state index contributed by atoms with van der Waals surface area (Å²) in [5.74, 6) is 0.260. The third-order valence-electron chi connectivity index (χ3n) is 3.81. The summed E-state index contributed by atoms with van der Waals surface area (Å²) in [6.07, 6.45) is 4.55. The van der Waals surface area contributed by atoms with E-state index in [4.69, 9.17) is 0 Å². The summed E-state index contributed by atoms with van der Waals surface area (Å²) in [7, 11) is 4.01. The molecule has 0 unspecified atom stereocenters. The predicted molar refractivity (Wildman–Crippen MR) is 80.0 cm³/mol. The van der Waals surface area contributed by atoms with Crippen LogP contribution < -0.4 is 4.90 Å². The number of ketones is 1. The Morgan fingerprint density at radius 1 is 1.11 bits per heavy atom. The summed E-state index contributed by atoms with van der Waals surface area (Å²) in [6, 6.07) is 7.89. The van der Waals surface area contributed by atoms with Crippen molar-refractivity contribution in [3.8, 4) is 0 Å². The Morgan fingerprint density at radius 3 is 2.32 bits per heavy atom. The zero-order valence-electron chi connectivity index (χ0n) is 12.1. The number of anilines is 1. The van der Waals surface area contributed by atoms with E-state index in [0.717, 1.165) is 30.9 Å². The lowest BCUT2D eigenvalue weighted by atomic mass is 10.1. The fourth-order valence-electron chi connectivity index (χ4n) is 2.53. The number of benzene rings is 1. The Hall–Kier alpha value is -1.35. The summed E-state index contributed by atoms with van der Waals surface area (Å²) in [4.78, 5) is 16.6. The molecule has 19 heavy (non-hydrogen) atoms. The molecule has 0 aliphatic carbocycles. The molecule has 1 aromatic rings. The molecule has 0 aromatic heterocycles. The summed E-state index contributed by atoms with van der Waals surface area (Å²) < 4.78 is 0. The Morgan fingerprint density at radius 2 is 1.74 bits per heavy atom. The number of nitrogens with zero attached hydrogens (tertiary/aromatic N) is 2. The van der Waals surface area contributed by atoms with E-state index in [1.165, 1.54) is 19.3 Å². The van der Waals surface area contributed by atoms with E-state index in [9.17, 15) is 4.79 Å². The smallest absolute Gasteiger partial charge is 0.164 e. The van der Waals surface area contributed by atoms with Gasteiger partial charge in [-0.3, -0.25) is 4.79 Å². The van der Waals surface area contributed by atoms with Gasteiger partial charge in [-0.25, -0.2) is 0 Å². The van der Waals surface area contributed by atoms with Crippen molar-refractivity contribution >= 4 is 11.5 Å². The summed E-state index contributed by atoms with van der Waals surface area (Å²) >= 11 is 0. The zero-order chi connectivity index (χ0) is 13.7. The molecule has 0 saturated carbocycles. The predicted octanol–water partition coefficient (Wildman–Crippen LogP) is 2.81. The highest BCUT2D eigenvalue weighted by molar-refractivity contribution is 5.96. The molecule has 1 heterocycles. The lowest BCUT2D eigenvalue weighted by Crippen LogP contribution is -2.31. The molecule has 3 heteroatoms. The summed E-state index contributed by atoms with van der Waals surface area (Å²) in [5, 5.41) is 0. The molecule has 1 aliphatic heterocycles. The number of rotatable bonds is 5. The van der Waals surface area contributed by atoms with E-state index in [0.29, 0.717) is 6.42 Å². The maximum atomic E-state index is 12.1. The van der Waals surface area contributed by atoms with Crippen molar-refractivity contribution in [2.24, 2.45) is 0 Å². The summed E-state index contributed by atoms with van der Waals surface area (Å²) in [6.45, 7) is 3.23. The summed E-state index contributed by atoms with van der Waals surface area (Å²) in [5.41, 5.74) is 1.97. The normalized spacial score (nSPS) is 16.3. The highest BCUT2D eigenvalue weighted by atomic mass is 16.1. The van der Waals surface area contributed by atoms with E-state index >= 15 is 0 Å². The Kier molecular flexibility index (Phi) is 4.97. The van der Waals surface area contributed by atoms with Crippen molar-refractivity contribution < 1.29 is 4.79 Å². The van der Waals surface area contributed by atoms with Gasteiger partial charge in [0, 0.05) is 38.3 Å². The minimum Gasteiger partial charge on any atom is -0.378 e. The molecular formula is C16H24N2O. The van der Waals surface area contributed by atoms with E-state index in [2.05, 4.69) is 4.90 Å². The average Bonchev–Trinajstić information content (AvgIpc) is 2.46. The third-order valence-corrected chi connectivity index (χ3v) is 3.81. The number of carbonyl (C=O) groups excluding carboxylic acids is 1. The van der Waals surface area contributed by atoms with Gasteiger partial charge in [0.2, 0.25) is 0 Å². The first-order valence-corrected chi connectivity index (χ1v) is 7.20. The van der Waals surface area contributed by atoms with E-state index in [1.807, 2.05) is 43.3 Å². The molecule has 3 nitrogen and oxygen atoms in total. The molecule has 0 amide bonds. The van der Waals surface area contributed by atoms with Gasteiger partial charge in [0.15, 0.2) is 5.78 Å². The second kappa shape index (κ2) is 6.71. The van der Waals surface area contributed by atoms with E-state index in [1.54, 1.807) is 0 Å². The second-order valence-corrected chi connectivity index (χ2v) is 5.52. The first-order valence-electron chi connectivity index (χ1n) is 7.20. The van der Waals surface area contributed by atoms with Crippen molar-refractivity contribution in [1.29, 1.82) is 0 Å². The van der Waals surface area contributed by atoms with Crippen molar-refractivity contribution in [3.63, 3.8) is 0 Å². The molecule has 0 bridgehead atoms. The zero-order valence-corrected chi connectivity index (χ0v) is 12.1. The molecule has 0 radical (unpaired) electrons. The molecule has 1 aliphatic rings. The monoisotopic (exact) mass is 260 g/mol. The Labute approximate surface area is 116 Å². The third kappa shape index (κ3) is 4.06. The molecular weight excluding hydrogens is 236 g/mol. The number of piperidine rings is 1. The van der Waals surface area contributed by atoms with Crippen molar-refractivity contribution in [3.05, 3.63) is 29.8 Å². The lowest BCUT2D eigenvalue weighted by Gasteiger charge is -2.25. The quantitative estimate of drug-likeness (QED) is 0.761. The van der Waals surface area contributed by atoms with Crippen LogP contribution in [-0.2, 0) is 0 Å². The fraction of sp³-hybridized carbons (Fsp3) is 0.562.